The molecule has 0 aliphatic heterocycles. The molecule has 0 saturated heterocycles. The highest BCUT2D eigenvalue weighted by Gasteiger charge is 2.40. The Morgan fingerprint density at radius 1 is 1.15 bits per heavy atom. The Labute approximate surface area is 149 Å². The van der Waals surface area contributed by atoms with Crippen LogP contribution >= 0.6 is 0 Å². The van der Waals surface area contributed by atoms with Crippen LogP contribution < -0.4 is 0 Å². The summed E-state index contributed by atoms with van der Waals surface area (Å²) in [5.41, 5.74) is 4.32. The van der Waals surface area contributed by atoms with Gasteiger partial charge in [-0.2, -0.15) is 0 Å². The molecule has 6 nitrogen and oxygen atoms in total. The van der Waals surface area contributed by atoms with Crippen LogP contribution in [-0.2, 0) is 9.53 Å². The van der Waals surface area contributed by atoms with Gasteiger partial charge < -0.3 is 9.72 Å². The molecule has 4 rings (SSSR count). The summed E-state index contributed by atoms with van der Waals surface area (Å²) in [7, 11) is 1.32. The number of nitro benzene ring substituents is 1. The molecular weight excluding hydrogens is 332 g/mol. The second-order valence-electron chi connectivity index (χ2n) is 6.24. The van der Waals surface area contributed by atoms with Gasteiger partial charge in [0.1, 0.15) is 0 Å². The average molecular weight is 348 g/mol. The zero-order valence-electron chi connectivity index (χ0n) is 14.3. The van der Waals surface area contributed by atoms with Gasteiger partial charge in [-0.3, -0.25) is 10.1 Å². The van der Waals surface area contributed by atoms with E-state index in [9.17, 15) is 14.9 Å². The standard InChI is InChI=1S/C20H16N2O4/c1-11-16(20(23)26-2)17(13-8-4-6-10-15(13)22(24)25)18-12-7-3-5-9-14(12)21-19(11)18/h3-10,17,21H,1-2H3. The molecule has 0 radical (unpaired) electrons. The summed E-state index contributed by atoms with van der Waals surface area (Å²) >= 11 is 0. The maximum absolute atomic E-state index is 12.5. The molecule has 0 amide bonds. The Hall–Kier alpha value is -3.41. The number of ether oxygens (including phenoxy) is 1. The molecule has 1 aromatic heterocycles. The highest BCUT2D eigenvalue weighted by atomic mass is 16.6. The second kappa shape index (κ2) is 5.84. The third-order valence-electron chi connectivity index (χ3n) is 4.95. The average Bonchev–Trinajstić information content (AvgIpc) is 3.16. The molecule has 1 aliphatic rings. The molecule has 26 heavy (non-hydrogen) atoms. The van der Waals surface area contributed by atoms with E-state index in [-0.39, 0.29) is 5.69 Å². The number of fused-ring (bicyclic) bond motifs is 3. The van der Waals surface area contributed by atoms with Crippen LogP contribution in [0.2, 0.25) is 0 Å². The van der Waals surface area contributed by atoms with Gasteiger partial charge in [-0.1, -0.05) is 36.4 Å². The number of carbonyl (C=O) groups is 1. The minimum atomic E-state index is -0.546. The van der Waals surface area contributed by atoms with E-state index in [0.717, 1.165) is 27.7 Å². The van der Waals surface area contributed by atoms with E-state index >= 15 is 0 Å². The first-order valence-corrected chi connectivity index (χ1v) is 8.18. The van der Waals surface area contributed by atoms with Gasteiger partial charge in [-0.25, -0.2) is 4.79 Å². The van der Waals surface area contributed by atoms with Crippen LogP contribution in [0, 0.1) is 10.1 Å². The van der Waals surface area contributed by atoms with E-state index in [1.165, 1.54) is 13.2 Å². The summed E-state index contributed by atoms with van der Waals surface area (Å²) < 4.78 is 4.99. The quantitative estimate of drug-likeness (QED) is 0.437. The molecule has 2 aromatic carbocycles. The topological polar surface area (TPSA) is 85.2 Å². The van der Waals surface area contributed by atoms with E-state index in [1.807, 2.05) is 31.2 Å². The molecule has 1 N–H and O–H groups in total. The van der Waals surface area contributed by atoms with Crippen molar-refractivity contribution in [3.8, 4) is 0 Å². The Morgan fingerprint density at radius 3 is 2.58 bits per heavy atom. The molecule has 0 saturated carbocycles. The van der Waals surface area contributed by atoms with E-state index in [0.29, 0.717) is 11.1 Å². The molecule has 3 aromatic rings. The number of carbonyl (C=O) groups excluding carboxylic acids is 1. The van der Waals surface area contributed by atoms with Gasteiger partial charge in [0.05, 0.1) is 23.5 Å². The van der Waals surface area contributed by atoms with Crippen molar-refractivity contribution in [2.24, 2.45) is 0 Å². The number of methoxy groups -OCH3 is 1. The minimum Gasteiger partial charge on any atom is -0.466 e. The lowest BCUT2D eigenvalue weighted by molar-refractivity contribution is -0.385. The van der Waals surface area contributed by atoms with Gasteiger partial charge in [-0.15, -0.1) is 0 Å². The molecule has 1 aliphatic carbocycles. The number of nitrogens with one attached hydrogen (secondary N) is 1. The number of aromatic nitrogens is 1. The number of aromatic amines is 1. The van der Waals surface area contributed by atoms with Crippen LogP contribution in [-0.4, -0.2) is 23.0 Å². The fourth-order valence-electron chi connectivity index (χ4n) is 3.84. The molecule has 1 heterocycles. The third-order valence-corrected chi connectivity index (χ3v) is 4.95. The molecule has 1 unspecified atom stereocenters. The van der Waals surface area contributed by atoms with Crippen LogP contribution in [0.3, 0.4) is 0 Å². The lowest BCUT2D eigenvalue weighted by atomic mass is 9.86. The third kappa shape index (κ3) is 2.15. The van der Waals surface area contributed by atoms with Crippen molar-refractivity contribution in [3.05, 3.63) is 81.0 Å². The predicted molar refractivity (Wildman–Crippen MR) is 97.8 cm³/mol. The Kier molecular flexibility index (Phi) is 3.61. The van der Waals surface area contributed by atoms with Gasteiger partial charge in [-0.05, 0) is 24.1 Å². The van der Waals surface area contributed by atoms with Crippen molar-refractivity contribution in [2.75, 3.05) is 7.11 Å². The van der Waals surface area contributed by atoms with E-state index in [4.69, 9.17) is 4.74 Å². The summed E-state index contributed by atoms with van der Waals surface area (Å²) in [4.78, 5) is 27.1. The van der Waals surface area contributed by atoms with E-state index in [2.05, 4.69) is 4.98 Å². The number of esters is 1. The van der Waals surface area contributed by atoms with Crippen molar-refractivity contribution >= 4 is 28.1 Å². The molecule has 130 valence electrons. The zero-order valence-corrected chi connectivity index (χ0v) is 14.3. The van der Waals surface area contributed by atoms with E-state index in [1.54, 1.807) is 18.2 Å². The normalized spacial score (nSPS) is 16.0. The Bertz CT molecular complexity index is 1090. The van der Waals surface area contributed by atoms with Crippen molar-refractivity contribution < 1.29 is 14.5 Å². The smallest absolute Gasteiger partial charge is 0.335 e. The zero-order chi connectivity index (χ0) is 18.4. The minimum absolute atomic E-state index is 0.00941. The Morgan fingerprint density at radius 2 is 1.85 bits per heavy atom. The summed E-state index contributed by atoms with van der Waals surface area (Å²) in [6, 6.07) is 14.3. The monoisotopic (exact) mass is 348 g/mol. The number of para-hydroxylation sites is 2. The van der Waals surface area contributed by atoms with Crippen LogP contribution in [0.4, 0.5) is 5.69 Å². The summed E-state index contributed by atoms with van der Waals surface area (Å²) in [6.07, 6.45) is 0. The SMILES string of the molecule is COC(=O)C1=C(C)c2[nH]c3ccccc3c2C1c1ccccc1[N+](=O)[O-]. The fourth-order valence-corrected chi connectivity index (χ4v) is 3.84. The number of benzene rings is 2. The van der Waals surface area contributed by atoms with Crippen LogP contribution in [0.15, 0.2) is 54.1 Å². The van der Waals surface area contributed by atoms with Gasteiger partial charge >= 0.3 is 5.97 Å². The second-order valence-corrected chi connectivity index (χ2v) is 6.24. The van der Waals surface area contributed by atoms with Crippen LogP contribution in [0.5, 0.6) is 0 Å². The summed E-state index contributed by atoms with van der Waals surface area (Å²) in [6.45, 7) is 1.84. The molecule has 0 bridgehead atoms. The van der Waals surface area contributed by atoms with Crippen molar-refractivity contribution in [3.63, 3.8) is 0 Å². The number of hydrogen-bond acceptors (Lipinski definition) is 4. The number of hydrogen-bond donors (Lipinski definition) is 1. The Balaban J connectivity index is 2.07. The maximum atomic E-state index is 12.5. The molecule has 1 atom stereocenters. The van der Waals surface area contributed by atoms with Gasteiger partial charge in [0, 0.05) is 28.2 Å². The first-order chi connectivity index (χ1) is 12.5. The molecule has 6 heteroatoms. The lowest BCUT2D eigenvalue weighted by Crippen LogP contribution is -2.13. The molecular formula is C20H16N2O4. The van der Waals surface area contributed by atoms with Crippen molar-refractivity contribution in [1.29, 1.82) is 0 Å². The summed E-state index contributed by atoms with van der Waals surface area (Å²) in [5.74, 6) is -1.02. The number of nitrogens with zero attached hydrogens (tertiary/aromatic N) is 1. The highest BCUT2D eigenvalue weighted by Crippen LogP contribution is 2.50. The largest absolute Gasteiger partial charge is 0.466 e. The van der Waals surface area contributed by atoms with Crippen molar-refractivity contribution in [2.45, 2.75) is 12.8 Å². The lowest BCUT2D eigenvalue weighted by Gasteiger charge is -2.16. The highest BCUT2D eigenvalue weighted by molar-refractivity contribution is 6.07. The number of H-pyrrole nitrogens is 1. The van der Waals surface area contributed by atoms with Gasteiger partial charge in [0.25, 0.3) is 5.69 Å². The first-order valence-electron chi connectivity index (χ1n) is 8.18. The van der Waals surface area contributed by atoms with Crippen LogP contribution in [0.1, 0.15) is 29.7 Å². The summed E-state index contributed by atoms with van der Waals surface area (Å²) in [5, 5.41) is 12.5. The fraction of sp³-hybridized carbons (Fsp3) is 0.150. The van der Waals surface area contributed by atoms with E-state index < -0.39 is 16.8 Å². The number of rotatable bonds is 3. The maximum Gasteiger partial charge on any atom is 0.335 e. The number of nitro groups is 1. The van der Waals surface area contributed by atoms with Gasteiger partial charge in [0.2, 0.25) is 0 Å². The van der Waals surface area contributed by atoms with Gasteiger partial charge in [0.15, 0.2) is 0 Å². The van der Waals surface area contributed by atoms with Crippen molar-refractivity contribution in [1.82, 2.24) is 4.98 Å². The molecule has 0 fully saturated rings. The molecule has 0 spiro atoms. The number of allylic oxidation sites excluding steroid dienone is 1. The van der Waals surface area contributed by atoms with Crippen LogP contribution in [0.25, 0.3) is 16.5 Å². The predicted octanol–water partition coefficient (Wildman–Crippen LogP) is 4.17. The first kappa shape index (κ1) is 16.1.